The molecule has 1 fully saturated rings. The van der Waals surface area contributed by atoms with Crippen molar-refractivity contribution in [3.63, 3.8) is 0 Å². The maximum absolute atomic E-state index is 12.0. The molecule has 1 saturated heterocycles. The van der Waals surface area contributed by atoms with Gasteiger partial charge in [0.2, 0.25) is 5.91 Å². The van der Waals surface area contributed by atoms with E-state index in [4.69, 9.17) is 0 Å². The third-order valence-electron chi connectivity index (χ3n) is 2.92. The number of hydrogen-bond acceptors (Lipinski definition) is 3. The third kappa shape index (κ3) is 3.20. The third-order valence-corrected chi connectivity index (χ3v) is 6.12. The second-order valence-corrected chi connectivity index (χ2v) is 7.87. The van der Waals surface area contributed by atoms with Crippen LogP contribution in [0, 0.1) is 5.92 Å². The van der Waals surface area contributed by atoms with Crippen LogP contribution in [0.2, 0.25) is 0 Å². The van der Waals surface area contributed by atoms with E-state index < -0.39 is 9.84 Å². The molecule has 94 valence electrons. The van der Waals surface area contributed by atoms with Crippen molar-refractivity contribution in [2.24, 2.45) is 5.92 Å². The molecule has 0 spiro atoms. The monoisotopic (exact) mass is 311 g/mol. The predicted octanol–water partition coefficient (Wildman–Crippen LogP) is 1.05. The highest BCUT2D eigenvalue weighted by Crippen LogP contribution is 2.21. The highest BCUT2D eigenvalue weighted by atomic mass is 79.9. The molecule has 0 aromatic rings. The van der Waals surface area contributed by atoms with Crippen molar-refractivity contribution in [2.45, 2.75) is 31.1 Å². The summed E-state index contributed by atoms with van der Waals surface area (Å²) in [5.74, 6) is 0.474. The van der Waals surface area contributed by atoms with Gasteiger partial charge < -0.3 is 4.90 Å². The highest BCUT2D eigenvalue weighted by molar-refractivity contribution is 9.10. The number of halogens is 1. The van der Waals surface area contributed by atoms with Crippen molar-refractivity contribution < 1.29 is 13.2 Å². The molecule has 0 radical (unpaired) electrons. The Bertz CT molecular complexity index is 366. The normalized spacial score (nSPS) is 25.7. The first kappa shape index (κ1) is 14.0. The molecule has 2 unspecified atom stereocenters. The number of hydrogen-bond donors (Lipinski definition) is 0. The maximum Gasteiger partial charge on any atom is 0.236 e. The van der Waals surface area contributed by atoms with Crippen LogP contribution in [0.3, 0.4) is 0 Å². The topological polar surface area (TPSA) is 54.5 Å². The van der Waals surface area contributed by atoms with Crippen LogP contribution in [0.25, 0.3) is 0 Å². The van der Waals surface area contributed by atoms with Crippen molar-refractivity contribution in [1.29, 1.82) is 0 Å². The van der Waals surface area contributed by atoms with Gasteiger partial charge in [0.25, 0.3) is 0 Å². The van der Waals surface area contributed by atoms with Crippen molar-refractivity contribution in [3.8, 4) is 0 Å². The lowest BCUT2D eigenvalue weighted by atomic mass is 10.1. The van der Waals surface area contributed by atoms with E-state index in [1.54, 1.807) is 11.9 Å². The van der Waals surface area contributed by atoms with Gasteiger partial charge in [0.15, 0.2) is 9.84 Å². The molecular weight excluding hydrogens is 294 g/mol. The van der Waals surface area contributed by atoms with Gasteiger partial charge in [0.1, 0.15) is 0 Å². The van der Waals surface area contributed by atoms with Crippen LogP contribution in [-0.2, 0) is 14.6 Å². The Morgan fingerprint density at radius 1 is 1.44 bits per heavy atom. The fraction of sp³-hybridized carbons (Fsp3) is 0.900. The van der Waals surface area contributed by atoms with Crippen LogP contribution in [-0.4, -0.2) is 48.6 Å². The molecule has 1 amide bonds. The molecule has 0 saturated carbocycles. The Kier molecular flexibility index (Phi) is 4.40. The van der Waals surface area contributed by atoms with Crippen LogP contribution in [0.1, 0.15) is 20.3 Å². The minimum atomic E-state index is -2.93. The Labute approximate surface area is 105 Å². The van der Waals surface area contributed by atoms with Gasteiger partial charge in [-0.05, 0) is 12.3 Å². The zero-order chi connectivity index (χ0) is 12.5. The van der Waals surface area contributed by atoms with Crippen LogP contribution in [0.4, 0.5) is 0 Å². The lowest BCUT2D eigenvalue weighted by Crippen LogP contribution is -2.43. The van der Waals surface area contributed by atoms with E-state index in [0.29, 0.717) is 6.42 Å². The zero-order valence-corrected chi connectivity index (χ0v) is 12.2. The SMILES string of the molecule is CC(C)C(Br)C(=O)N(C)C1CCS(=O)(=O)C1. The number of carbonyl (C=O) groups is 1. The van der Waals surface area contributed by atoms with Gasteiger partial charge in [0, 0.05) is 13.1 Å². The molecule has 1 rings (SSSR count). The average molecular weight is 312 g/mol. The van der Waals surface area contributed by atoms with Gasteiger partial charge in [-0.1, -0.05) is 29.8 Å². The van der Waals surface area contributed by atoms with Crippen LogP contribution < -0.4 is 0 Å². The highest BCUT2D eigenvalue weighted by Gasteiger charge is 2.34. The van der Waals surface area contributed by atoms with E-state index in [0.717, 1.165) is 0 Å². The predicted molar refractivity (Wildman–Crippen MR) is 67.4 cm³/mol. The average Bonchev–Trinajstić information content (AvgIpc) is 2.55. The second-order valence-electron chi connectivity index (χ2n) is 4.65. The van der Waals surface area contributed by atoms with Crippen LogP contribution in [0.5, 0.6) is 0 Å². The number of sulfone groups is 1. The summed E-state index contributed by atoms with van der Waals surface area (Å²) in [5.41, 5.74) is 0. The molecular formula is C10H18BrNO3S. The number of alkyl halides is 1. The number of carbonyl (C=O) groups excluding carboxylic acids is 1. The largest absolute Gasteiger partial charge is 0.341 e. The number of rotatable bonds is 3. The summed E-state index contributed by atoms with van der Waals surface area (Å²) in [4.78, 5) is 13.3. The Hall–Kier alpha value is -0.100. The minimum absolute atomic E-state index is 0.0305. The summed E-state index contributed by atoms with van der Waals surface area (Å²) in [6, 6.07) is -0.156. The Balaban J connectivity index is 2.66. The van der Waals surface area contributed by atoms with Gasteiger partial charge in [-0.25, -0.2) is 8.42 Å². The smallest absolute Gasteiger partial charge is 0.236 e. The van der Waals surface area contributed by atoms with Gasteiger partial charge >= 0.3 is 0 Å². The quantitative estimate of drug-likeness (QED) is 0.732. The molecule has 4 nitrogen and oxygen atoms in total. The number of nitrogens with zero attached hydrogens (tertiary/aromatic N) is 1. The first-order valence-corrected chi connectivity index (χ1v) is 8.09. The van der Waals surface area contributed by atoms with E-state index in [1.165, 1.54) is 0 Å². The molecule has 0 N–H and O–H groups in total. The van der Waals surface area contributed by atoms with E-state index in [1.807, 2.05) is 13.8 Å². The molecule has 16 heavy (non-hydrogen) atoms. The molecule has 1 heterocycles. The van der Waals surface area contributed by atoms with Crippen LogP contribution >= 0.6 is 15.9 Å². The molecule has 0 aromatic carbocycles. The minimum Gasteiger partial charge on any atom is -0.341 e. The first-order chi connectivity index (χ1) is 7.24. The summed E-state index contributed by atoms with van der Waals surface area (Å²) in [6.07, 6.45) is 0.558. The van der Waals surface area contributed by atoms with Crippen molar-refractivity contribution >= 4 is 31.7 Å². The standard InChI is InChI=1S/C10H18BrNO3S/c1-7(2)9(11)10(13)12(3)8-4-5-16(14,15)6-8/h7-9H,4-6H2,1-3H3. The zero-order valence-electron chi connectivity index (χ0n) is 9.81. The summed E-state index contributed by atoms with van der Waals surface area (Å²) < 4.78 is 22.6. The Morgan fingerprint density at radius 2 is 2.00 bits per heavy atom. The van der Waals surface area contributed by atoms with Crippen molar-refractivity contribution in [3.05, 3.63) is 0 Å². The molecule has 0 aliphatic carbocycles. The lowest BCUT2D eigenvalue weighted by molar-refractivity contribution is -0.131. The van der Waals surface area contributed by atoms with Gasteiger partial charge in [-0.3, -0.25) is 4.79 Å². The summed E-state index contributed by atoms with van der Waals surface area (Å²) >= 11 is 3.34. The van der Waals surface area contributed by atoms with Crippen LogP contribution in [0.15, 0.2) is 0 Å². The molecule has 1 aliphatic rings. The lowest BCUT2D eigenvalue weighted by Gasteiger charge is -2.27. The molecule has 6 heteroatoms. The van der Waals surface area contributed by atoms with Crippen molar-refractivity contribution in [2.75, 3.05) is 18.6 Å². The maximum atomic E-state index is 12.0. The van der Waals surface area contributed by atoms with E-state index in [2.05, 4.69) is 15.9 Å². The van der Waals surface area contributed by atoms with Gasteiger partial charge in [0.05, 0.1) is 16.3 Å². The molecule has 2 atom stereocenters. The first-order valence-electron chi connectivity index (χ1n) is 5.36. The van der Waals surface area contributed by atoms with E-state index >= 15 is 0 Å². The van der Waals surface area contributed by atoms with E-state index in [-0.39, 0.29) is 34.2 Å². The fourth-order valence-electron chi connectivity index (χ4n) is 1.74. The Morgan fingerprint density at radius 3 is 2.38 bits per heavy atom. The summed E-state index contributed by atoms with van der Waals surface area (Å²) in [7, 11) is -1.24. The molecule has 0 aromatic heterocycles. The summed E-state index contributed by atoms with van der Waals surface area (Å²) in [5, 5.41) is 0. The molecule has 1 aliphatic heterocycles. The second kappa shape index (κ2) is 5.04. The summed E-state index contributed by atoms with van der Waals surface area (Å²) in [6.45, 7) is 3.91. The van der Waals surface area contributed by atoms with Gasteiger partial charge in [-0.15, -0.1) is 0 Å². The fourth-order valence-corrected chi connectivity index (χ4v) is 3.84. The molecule has 0 bridgehead atoms. The number of amides is 1. The van der Waals surface area contributed by atoms with Gasteiger partial charge in [-0.2, -0.15) is 0 Å². The van der Waals surface area contributed by atoms with E-state index in [9.17, 15) is 13.2 Å². The van der Waals surface area contributed by atoms with Crippen molar-refractivity contribution in [1.82, 2.24) is 4.90 Å².